The van der Waals surface area contributed by atoms with E-state index in [0.717, 1.165) is 56.9 Å². The molecule has 29 heavy (non-hydrogen) atoms. The van der Waals surface area contributed by atoms with Crippen LogP contribution in [-0.4, -0.2) is 59.4 Å². The third-order valence-corrected chi connectivity index (χ3v) is 6.48. The van der Waals surface area contributed by atoms with E-state index in [9.17, 15) is 8.42 Å². The molecular weight excluding hydrogens is 392 g/mol. The van der Waals surface area contributed by atoms with Gasteiger partial charge in [-0.15, -0.1) is 0 Å². The number of rotatable bonds is 9. The lowest BCUT2D eigenvalue weighted by atomic mass is 10.2. The molecule has 0 radical (unpaired) electrons. The minimum Gasteiger partial charge on any atom is -0.377 e. The lowest BCUT2D eigenvalue weighted by molar-refractivity contribution is 0.113. The van der Waals surface area contributed by atoms with Gasteiger partial charge in [-0.2, -0.15) is 0 Å². The number of nitrogens with one attached hydrogen (secondary N) is 3. The molecule has 0 saturated carbocycles. The number of sulfonamides is 1. The fourth-order valence-corrected chi connectivity index (χ4v) is 4.46. The Kier molecular flexibility index (Phi) is 8.29. The van der Waals surface area contributed by atoms with E-state index in [1.165, 1.54) is 0 Å². The van der Waals surface area contributed by atoms with Crippen LogP contribution in [0.5, 0.6) is 0 Å². The second-order valence-electron chi connectivity index (χ2n) is 7.34. The summed E-state index contributed by atoms with van der Waals surface area (Å²) in [5, 5.41) is 6.53. The van der Waals surface area contributed by atoms with Crippen molar-refractivity contribution in [2.75, 3.05) is 32.8 Å². The summed E-state index contributed by atoms with van der Waals surface area (Å²) in [4.78, 5) is 4.84. The van der Waals surface area contributed by atoms with E-state index in [4.69, 9.17) is 9.47 Å². The number of ether oxygens (including phenoxy) is 2. The van der Waals surface area contributed by atoms with Gasteiger partial charge in [-0.3, -0.25) is 0 Å². The molecule has 1 aromatic rings. The molecule has 2 aliphatic heterocycles. The highest BCUT2D eigenvalue weighted by atomic mass is 32.2. The van der Waals surface area contributed by atoms with Crippen LogP contribution < -0.4 is 15.4 Å². The molecule has 162 valence electrons. The van der Waals surface area contributed by atoms with Gasteiger partial charge in [-0.1, -0.05) is 12.1 Å². The predicted octanol–water partition coefficient (Wildman–Crippen LogP) is 1.38. The van der Waals surface area contributed by atoms with E-state index >= 15 is 0 Å². The zero-order valence-electron chi connectivity index (χ0n) is 17.0. The van der Waals surface area contributed by atoms with Crippen molar-refractivity contribution in [2.24, 2.45) is 4.99 Å². The summed E-state index contributed by atoms with van der Waals surface area (Å²) in [6.45, 7) is 5.84. The average molecular weight is 425 g/mol. The van der Waals surface area contributed by atoms with Gasteiger partial charge in [0.15, 0.2) is 5.96 Å². The van der Waals surface area contributed by atoms with Gasteiger partial charge >= 0.3 is 0 Å². The molecule has 3 N–H and O–H groups in total. The maximum absolute atomic E-state index is 12.4. The summed E-state index contributed by atoms with van der Waals surface area (Å²) in [5.41, 5.74) is 0.942. The lowest BCUT2D eigenvalue weighted by Crippen LogP contribution is -2.41. The van der Waals surface area contributed by atoms with Crippen molar-refractivity contribution in [3.63, 3.8) is 0 Å². The highest BCUT2D eigenvalue weighted by Gasteiger charge is 2.20. The predicted molar refractivity (Wildman–Crippen MR) is 112 cm³/mol. The Morgan fingerprint density at radius 3 is 2.28 bits per heavy atom. The second-order valence-corrected chi connectivity index (χ2v) is 9.11. The first kappa shape index (κ1) is 22.0. The molecule has 1 aromatic carbocycles. The standard InChI is InChI=1S/C20H32N4O4S/c1-2-21-20(23-14-17-5-3-11-27-17)22-13-16-7-9-19(10-8-16)29(25,26)24-15-18-6-4-12-28-18/h7-10,17-18,24H,2-6,11-15H2,1H3,(H2,21,22,23). The summed E-state index contributed by atoms with van der Waals surface area (Å²) in [6, 6.07) is 6.84. The highest BCUT2D eigenvalue weighted by Crippen LogP contribution is 2.14. The molecule has 2 atom stereocenters. The zero-order valence-corrected chi connectivity index (χ0v) is 17.8. The van der Waals surface area contributed by atoms with E-state index in [2.05, 4.69) is 20.3 Å². The maximum Gasteiger partial charge on any atom is 0.240 e. The van der Waals surface area contributed by atoms with Crippen molar-refractivity contribution in [3.05, 3.63) is 29.8 Å². The van der Waals surface area contributed by atoms with E-state index in [0.29, 0.717) is 19.7 Å². The van der Waals surface area contributed by atoms with Gasteiger partial charge in [0.2, 0.25) is 10.0 Å². The molecule has 2 aliphatic rings. The van der Waals surface area contributed by atoms with Crippen molar-refractivity contribution in [1.29, 1.82) is 0 Å². The van der Waals surface area contributed by atoms with Gasteiger partial charge < -0.3 is 20.1 Å². The Bertz CT molecular complexity index is 755. The molecule has 2 fully saturated rings. The van der Waals surface area contributed by atoms with Crippen LogP contribution in [-0.2, 0) is 26.0 Å². The van der Waals surface area contributed by atoms with Crippen molar-refractivity contribution in [1.82, 2.24) is 15.4 Å². The average Bonchev–Trinajstić information content (AvgIpc) is 3.43. The molecule has 3 rings (SSSR count). The van der Waals surface area contributed by atoms with Gasteiger partial charge in [0.05, 0.1) is 23.6 Å². The first-order valence-corrected chi connectivity index (χ1v) is 11.9. The molecule has 0 aliphatic carbocycles. The topological polar surface area (TPSA) is 101 Å². The Labute approximate surface area is 173 Å². The fourth-order valence-electron chi connectivity index (χ4n) is 3.39. The van der Waals surface area contributed by atoms with Crippen molar-refractivity contribution < 1.29 is 17.9 Å². The molecule has 0 aromatic heterocycles. The zero-order chi connectivity index (χ0) is 20.5. The highest BCUT2D eigenvalue weighted by molar-refractivity contribution is 7.89. The summed E-state index contributed by atoms with van der Waals surface area (Å²) in [5.74, 6) is 0.734. The van der Waals surface area contributed by atoms with E-state index < -0.39 is 10.0 Å². The number of benzene rings is 1. The van der Waals surface area contributed by atoms with Gasteiger partial charge in [-0.25, -0.2) is 18.1 Å². The number of hydrogen-bond donors (Lipinski definition) is 3. The van der Waals surface area contributed by atoms with Crippen LogP contribution in [0.15, 0.2) is 34.2 Å². The van der Waals surface area contributed by atoms with Crippen LogP contribution in [0, 0.1) is 0 Å². The Morgan fingerprint density at radius 2 is 1.69 bits per heavy atom. The molecule has 2 unspecified atom stereocenters. The monoisotopic (exact) mass is 424 g/mol. The van der Waals surface area contributed by atoms with Gasteiger partial charge in [0.25, 0.3) is 0 Å². The van der Waals surface area contributed by atoms with E-state index in [-0.39, 0.29) is 17.1 Å². The molecule has 0 spiro atoms. The van der Waals surface area contributed by atoms with Crippen LogP contribution in [0.4, 0.5) is 0 Å². The molecule has 0 bridgehead atoms. The summed E-state index contributed by atoms with van der Waals surface area (Å²) in [6.07, 6.45) is 4.28. The Morgan fingerprint density at radius 1 is 1.03 bits per heavy atom. The molecule has 0 amide bonds. The smallest absolute Gasteiger partial charge is 0.240 e. The van der Waals surface area contributed by atoms with Gasteiger partial charge in [0.1, 0.15) is 0 Å². The Hall–Kier alpha value is -1.68. The van der Waals surface area contributed by atoms with Crippen LogP contribution in [0.25, 0.3) is 0 Å². The first-order chi connectivity index (χ1) is 14.1. The summed E-state index contributed by atoms with van der Waals surface area (Å²) >= 11 is 0. The van der Waals surface area contributed by atoms with E-state index in [1.54, 1.807) is 24.3 Å². The molecule has 2 saturated heterocycles. The molecule has 8 nitrogen and oxygen atoms in total. The SMILES string of the molecule is CCNC(=NCc1ccc(S(=O)(=O)NCC2CCCO2)cc1)NCC1CCCO1. The van der Waals surface area contributed by atoms with Gasteiger partial charge in [0, 0.05) is 32.8 Å². The normalized spacial score (nSPS) is 22.7. The molecular formula is C20H32N4O4S. The fraction of sp³-hybridized carbons (Fsp3) is 0.650. The number of hydrogen-bond acceptors (Lipinski definition) is 5. The maximum atomic E-state index is 12.4. The quantitative estimate of drug-likeness (QED) is 0.409. The van der Waals surface area contributed by atoms with Crippen molar-refractivity contribution >= 4 is 16.0 Å². The largest absolute Gasteiger partial charge is 0.377 e. The minimum atomic E-state index is -3.53. The van der Waals surface area contributed by atoms with Crippen LogP contribution in [0.1, 0.15) is 38.2 Å². The summed E-state index contributed by atoms with van der Waals surface area (Å²) in [7, 11) is -3.53. The van der Waals surface area contributed by atoms with Crippen molar-refractivity contribution in [2.45, 2.75) is 56.3 Å². The first-order valence-electron chi connectivity index (χ1n) is 10.4. The molecule has 2 heterocycles. The number of guanidine groups is 1. The summed E-state index contributed by atoms with van der Waals surface area (Å²) < 4.78 is 38.6. The van der Waals surface area contributed by atoms with Crippen LogP contribution in [0.3, 0.4) is 0 Å². The number of nitrogens with zero attached hydrogens (tertiary/aromatic N) is 1. The number of aliphatic imine (C=N–C) groups is 1. The second kappa shape index (κ2) is 10.9. The Balaban J connectivity index is 1.52. The minimum absolute atomic E-state index is 0.0231. The van der Waals surface area contributed by atoms with Crippen LogP contribution in [0.2, 0.25) is 0 Å². The third-order valence-electron chi connectivity index (χ3n) is 5.04. The van der Waals surface area contributed by atoms with Gasteiger partial charge in [-0.05, 0) is 50.3 Å². The van der Waals surface area contributed by atoms with Crippen molar-refractivity contribution in [3.8, 4) is 0 Å². The van der Waals surface area contributed by atoms with Crippen LogP contribution >= 0.6 is 0 Å². The third kappa shape index (κ3) is 6.95. The molecule has 9 heteroatoms. The lowest BCUT2D eigenvalue weighted by Gasteiger charge is -2.15. The van der Waals surface area contributed by atoms with E-state index in [1.807, 2.05) is 6.92 Å².